The van der Waals surface area contributed by atoms with Gasteiger partial charge in [-0.3, -0.25) is 9.89 Å². The molecule has 0 aliphatic heterocycles. The topological polar surface area (TPSA) is 78.0 Å². The highest BCUT2D eigenvalue weighted by atomic mass is 16.3. The lowest BCUT2D eigenvalue weighted by Gasteiger charge is -2.14. The zero-order valence-corrected chi connectivity index (χ0v) is 12.3. The number of anilines is 1. The number of aromatic nitrogens is 2. The Hall–Kier alpha value is -2.56. The summed E-state index contributed by atoms with van der Waals surface area (Å²) >= 11 is 0. The maximum absolute atomic E-state index is 11.8. The van der Waals surface area contributed by atoms with E-state index in [1.54, 1.807) is 30.3 Å². The van der Waals surface area contributed by atoms with E-state index in [-0.39, 0.29) is 17.1 Å². The fourth-order valence-corrected chi connectivity index (χ4v) is 1.70. The fraction of sp³-hybridized carbons (Fsp3) is 0.250. The molecule has 0 spiro atoms. The van der Waals surface area contributed by atoms with Crippen molar-refractivity contribution in [2.75, 3.05) is 5.32 Å². The molecule has 21 heavy (non-hydrogen) atoms. The molecular formula is C16H19N3O2. The SMILES string of the molecule is CC(C)(C)c1cc(NC(=O)/C=C/c2ccc(O)cc2)n[nH]1. The maximum Gasteiger partial charge on any atom is 0.249 e. The number of nitrogens with zero attached hydrogens (tertiary/aromatic N) is 1. The van der Waals surface area contributed by atoms with Crippen molar-refractivity contribution in [3.05, 3.63) is 47.7 Å². The summed E-state index contributed by atoms with van der Waals surface area (Å²) in [5.74, 6) is 0.443. The van der Waals surface area contributed by atoms with Crippen LogP contribution in [-0.4, -0.2) is 21.2 Å². The van der Waals surface area contributed by atoms with Crippen molar-refractivity contribution in [1.29, 1.82) is 0 Å². The quantitative estimate of drug-likeness (QED) is 0.758. The Balaban J connectivity index is 1.98. The highest BCUT2D eigenvalue weighted by Crippen LogP contribution is 2.21. The summed E-state index contributed by atoms with van der Waals surface area (Å²) in [6.45, 7) is 6.20. The number of aromatic amines is 1. The smallest absolute Gasteiger partial charge is 0.249 e. The number of carbonyl (C=O) groups is 1. The number of amides is 1. The third kappa shape index (κ3) is 4.21. The van der Waals surface area contributed by atoms with Crippen LogP contribution >= 0.6 is 0 Å². The van der Waals surface area contributed by atoms with Gasteiger partial charge in [0.2, 0.25) is 5.91 Å². The molecule has 110 valence electrons. The van der Waals surface area contributed by atoms with Crippen LogP contribution in [0.3, 0.4) is 0 Å². The van der Waals surface area contributed by atoms with Crippen molar-refractivity contribution in [3.63, 3.8) is 0 Å². The van der Waals surface area contributed by atoms with Gasteiger partial charge in [-0.25, -0.2) is 0 Å². The van der Waals surface area contributed by atoms with E-state index >= 15 is 0 Å². The minimum atomic E-state index is -0.255. The van der Waals surface area contributed by atoms with Gasteiger partial charge >= 0.3 is 0 Å². The molecular weight excluding hydrogens is 266 g/mol. The van der Waals surface area contributed by atoms with Crippen LogP contribution in [0, 0.1) is 0 Å². The van der Waals surface area contributed by atoms with Gasteiger partial charge < -0.3 is 10.4 Å². The summed E-state index contributed by atoms with van der Waals surface area (Å²) < 4.78 is 0. The second-order valence-electron chi connectivity index (χ2n) is 5.83. The predicted octanol–water partition coefficient (Wildman–Crippen LogP) is 3.06. The van der Waals surface area contributed by atoms with Gasteiger partial charge in [-0.05, 0) is 23.8 Å². The molecule has 5 heteroatoms. The first-order chi connectivity index (χ1) is 9.84. The Kier molecular flexibility index (Phi) is 4.12. The Morgan fingerprint density at radius 1 is 1.29 bits per heavy atom. The molecule has 1 aromatic heterocycles. The van der Waals surface area contributed by atoms with E-state index in [4.69, 9.17) is 0 Å². The second kappa shape index (κ2) is 5.83. The average Bonchev–Trinajstić information content (AvgIpc) is 2.86. The number of hydrogen-bond donors (Lipinski definition) is 3. The Bertz CT molecular complexity index is 649. The molecule has 5 nitrogen and oxygen atoms in total. The minimum Gasteiger partial charge on any atom is -0.508 e. The highest BCUT2D eigenvalue weighted by molar-refractivity contribution is 6.01. The van der Waals surface area contributed by atoms with Gasteiger partial charge in [-0.2, -0.15) is 5.10 Å². The molecule has 1 aromatic carbocycles. The number of benzene rings is 1. The Labute approximate surface area is 123 Å². The van der Waals surface area contributed by atoms with Crippen LogP contribution in [0.25, 0.3) is 6.08 Å². The van der Waals surface area contributed by atoms with Crippen LogP contribution in [0.15, 0.2) is 36.4 Å². The molecule has 0 aliphatic carbocycles. The number of carbonyl (C=O) groups excluding carboxylic acids is 1. The van der Waals surface area contributed by atoms with Crippen LogP contribution in [0.4, 0.5) is 5.82 Å². The van der Waals surface area contributed by atoms with Crippen LogP contribution in [0.2, 0.25) is 0 Å². The zero-order chi connectivity index (χ0) is 15.5. The first kappa shape index (κ1) is 14.8. The first-order valence-electron chi connectivity index (χ1n) is 6.68. The Morgan fingerprint density at radius 3 is 2.52 bits per heavy atom. The summed E-state index contributed by atoms with van der Waals surface area (Å²) in [7, 11) is 0. The van der Waals surface area contributed by atoms with Gasteiger partial charge in [0, 0.05) is 23.3 Å². The third-order valence-corrected chi connectivity index (χ3v) is 2.96. The van der Waals surface area contributed by atoms with Crippen LogP contribution in [-0.2, 0) is 10.2 Å². The molecule has 1 heterocycles. The molecule has 0 saturated carbocycles. The maximum atomic E-state index is 11.8. The summed E-state index contributed by atoms with van der Waals surface area (Å²) in [5.41, 5.74) is 1.75. The van der Waals surface area contributed by atoms with Crippen molar-refractivity contribution in [2.45, 2.75) is 26.2 Å². The van der Waals surface area contributed by atoms with Crippen molar-refractivity contribution >= 4 is 17.8 Å². The van der Waals surface area contributed by atoms with Crippen LogP contribution < -0.4 is 5.32 Å². The standard InChI is InChI=1S/C16H19N3O2/c1-16(2,3)13-10-14(19-18-13)17-15(21)9-6-11-4-7-12(20)8-5-11/h4-10,20H,1-3H3,(H2,17,18,19,21)/b9-6+. The van der Waals surface area contributed by atoms with E-state index in [2.05, 4.69) is 36.3 Å². The Morgan fingerprint density at radius 2 is 1.95 bits per heavy atom. The lowest BCUT2D eigenvalue weighted by molar-refractivity contribution is -0.111. The van der Waals surface area contributed by atoms with Gasteiger partial charge in [0.25, 0.3) is 0 Å². The van der Waals surface area contributed by atoms with Crippen molar-refractivity contribution in [2.24, 2.45) is 0 Å². The number of rotatable bonds is 3. The predicted molar refractivity (Wildman–Crippen MR) is 83.1 cm³/mol. The zero-order valence-electron chi connectivity index (χ0n) is 12.3. The van der Waals surface area contributed by atoms with Gasteiger partial charge in [-0.15, -0.1) is 0 Å². The average molecular weight is 285 g/mol. The first-order valence-corrected chi connectivity index (χ1v) is 6.68. The highest BCUT2D eigenvalue weighted by Gasteiger charge is 2.16. The molecule has 0 radical (unpaired) electrons. The van der Waals surface area contributed by atoms with Crippen LogP contribution in [0.1, 0.15) is 32.0 Å². The van der Waals surface area contributed by atoms with Gasteiger partial charge in [0.15, 0.2) is 5.82 Å². The normalized spacial score (nSPS) is 11.8. The minimum absolute atomic E-state index is 0.0438. The van der Waals surface area contributed by atoms with E-state index in [9.17, 15) is 9.90 Å². The largest absolute Gasteiger partial charge is 0.508 e. The monoisotopic (exact) mass is 285 g/mol. The molecule has 0 atom stereocenters. The van der Waals surface area contributed by atoms with E-state index in [0.717, 1.165) is 11.3 Å². The number of nitrogens with one attached hydrogen (secondary N) is 2. The molecule has 0 saturated heterocycles. The number of phenolic OH excluding ortho intramolecular Hbond substituents is 1. The fourth-order valence-electron chi connectivity index (χ4n) is 1.70. The number of aromatic hydroxyl groups is 1. The van der Waals surface area contributed by atoms with Crippen molar-refractivity contribution in [3.8, 4) is 5.75 Å². The summed E-state index contributed by atoms with van der Waals surface area (Å²) in [6.07, 6.45) is 3.10. The second-order valence-corrected chi connectivity index (χ2v) is 5.83. The number of H-pyrrole nitrogens is 1. The molecule has 3 N–H and O–H groups in total. The summed E-state index contributed by atoms with van der Waals surface area (Å²) in [5, 5.41) is 18.9. The van der Waals surface area contributed by atoms with Gasteiger partial charge in [-0.1, -0.05) is 32.9 Å². The molecule has 2 rings (SSSR count). The molecule has 0 aliphatic rings. The van der Waals surface area contributed by atoms with E-state index in [0.29, 0.717) is 5.82 Å². The van der Waals surface area contributed by atoms with E-state index in [1.807, 2.05) is 6.07 Å². The van der Waals surface area contributed by atoms with E-state index in [1.165, 1.54) is 6.08 Å². The molecule has 0 unspecified atom stereocenters. The van der Waals surface area contributed by atoms with Gasteiger partial charge in [0.05, 0.1) is 0 Å². The summed E-state index contributed by atoms with van der Waals surface area (Å²) in [6, 6.07) is 8.42. The lowest BCUT2D eigenvalue weighted by Crippen LogP contribution is -2.11. The molecule has 0 fully saturated rings. The lowest BCUT2D eigenvalue weighted by atomic mass is 9.92. The van der Waals surface area contributed by atoms with Gasteiger partial charge in [0.1, 0.15) is 5.75 Å². The molecule has 0 bridgehead atoms. The summed E-state index contributed by atoms with van der Waals surface area (Å²) in [4.78, 5) is 11.8. The van der Waals surface area contributed by atoms with E-state index < -0.39 is 0 Å². The molecule has 1 amide bonds. The van der Waals surface area contributed by atoms with Crippen molar-refractivity contribution < 1.29 is 9.90 Å². The molecule has 2 aromatic rings. The van der Waals surface area contributed by atoms with Crippen LogP contribution in [0.5, 0.6) is 5.75 Å². The number of phenols is 1. The number of hydrogen-bond acceptors (Lipinski definition) is 3. The third-order valence-electron chi connectivity index (χ3n) is 2.96. The van der Waals surface area contributed by atoms with Crippen molar-refractivity contribution in [1.82, 2.24) is 10.2 Å².